The summed E-state index contributed by atoms with van der Waals surface area (Å²) in [7, 11) is 1.61. The van der Waals surface area contributed by atoms with Gasteiger partial charge in [0.05, 0.1) is 37.4 Å². The van der Waals surface area contributed by atoms with Crippen LogP contribution in [0.15, 0.2) is 51.6 Å². The van der Waals surface area contributed by atoms with Gasteiger partial charge < -0.3 is 19.7 Å². The van der Waals surface area contributed by atoms with Gasteiger partial charge in [-0.05, 0) is 44.1 Å². The first kappa shape index (κ1) is 21.5. The normalized spacial score (nSPS) is 20.1. The predicted octanol–water partition coefficient (Wildman–Crippen LogP) is 3.75. The maximum atomic E-state index is 13.0. The molecule has 1 saturated carbocycles. The van der Waals surface area contributed by atoms with Gasteiger partial charge in [-0.15, -0.1) is 0 Å². The zero-order chi connectivity index (χ0) is 22.0. The Morgan fingerprint density at radius 3 is 2.77 bits per heavy atom. The number of carbonyl (C=O) groups is 2. The fourth-order valence-corrected chi connectivity index (χ4v) is 4.80. The Kier molecular flexibility index (Phi) is 6.36. The van der Waals surface area contributed by atoms with Gasteiger partial charge in [-0.2, -0.15) is 0 Å². The zero-order valence-corrected chi connectivity index (χ0v) is 18.8. The second kappa shape index (κ2) is 9.18. The third-order valence-electron chi connectivity index (χ3n) is 5.56. The molecule has 1 atom stereocenters. The van der Waals surface area contributed by atoms with Crippen LogP contribution in [0, 0.1) is 5.92 Å². The molecule has 0 bridgehead atoms. The lowest BCUT2D eigenvalue weighted by Crippen LogP contribution is -2.38. The Morgan fingerprint density at radius 1 is 1.29 bits per heavy atom. The number of thioether (sulfide) groups is 1. The van der Waals surface area contributed by atoms with Crippen molar-refractivity contribution in [2.75, 3.05) is 20.3 Å². The van der Waals surface area contributed by atoms with E-state index in [0.29, 0.717) is 22.9 Å². The highest BCUT2D eigenvalue weighted by atomic mass is 32.2. The first-order valence-electron chi connectivity index (χ1n) is 10.5. The van der Waals surface area contributed by atoms with Crippen molar-refractivity contribution in [2.24, 2.45) is 10.9 Å². The number of fused-ring (bicyclic) bond motifs is 1. The van der Waals surface area contributed by atoms with Gasteiger partial charge in [-0.25, -0.2) is 9.79 Å². The van der Waals surface area contributed by atoms with E-state index in [-0.39, 0.29) is 18.9 Å². The van der Waals surface area contributed by atoms with E-state index in [1.165, 1.54) is 24.6 Å². The van der Waals surface area contributed by atoms with Gasteiger partial charge >= 0.3 is 5.97 Å². The lowest BCUT2D eigenvalue weighted by atomic mass is 9.93. The number of hydrogen-bond acceptors (Lipinski definition) is 7. The van der Waals surface area contributed by atoms with E-state index in [0.717, 1.165) is 23.0 Å². The highest BCUT2D eigenvalue weighted by Crippen LogP contribution is 2.46. The fourth-order valence-electron chi connectivity index (χ4n) is 3.83. The van der Waals surface area contributed by atoms with Crippen molar-refractivity contribution < 1.29 is 19.1 Å². The van der Waals surface area contributed by atoms with Crippen LogP contribution in [0.25, 0.3) is 0 Å². The number of hydrogen-bond donors (Lipinski definition) is 1. The van der Waals surface area contributed by atoms with Crippen LogP contribution in [-0.4, -0.2) is 42.2 Å². The quantitative estimate of drug-likeness (QED) is 0.619. The first-order chi connectivity index (χ1) is 15.0. The number of aliphatic imine (C=N–C) groups is 1. The lowest BCUT2D eigenvalue weighted by molar-refractivity contribution is -0.139. The van der Waals surface area contributed by atoms with E-state index in [4.69, 9.17) is 9.47 Å². The molecule has 1 aromatic carbocycles. The molecule has 0 aromatic heterocycles. The molecular formula is C23H27N3O4S. The van der Waals surface area contributed by atoms with Crippen molar-refractivity contribution in [3.8, 4) is 5.75 Å². The summed E-state index contributed by atoms with van der Waals surface area (Å²) in [6.45, 7) is 4.60. The van der Waals surface area contributed by atoms with Crippen LogP contribution in [0.4, 0.5) is 0 Å². The molecule has 1 aliphatic carbocycles. The van der Waals surface area contributed by atoms with Gasteiger partial charge in [0.1, 0.15) is 5.75 Å². The fraction of sp³-hybridized carbons (Fsp3) is 0.435. The monoisotopic (exact) mass is 441 g/mol. The number of nitrogens with zero attached hydrogens (tertiary/aromatic N) is 2. The molecule has 1 N–H and O–H groups in total. The van der Waals surface area contributed by atoms with Crippen molar-refractivity contribution in [3.05, 3.63) is 52.2 Å². The number of esters is 1. The van der Waals surface area contributed by atoms with E-state index < -0.39 is 12.0 Å². The van der Waals surface area contributed by atoms with Gasteiger partial charge in [-0.1, -0.05) is 30.0 Å². The third-order valence-corrected chi connectivity index (χ3v) is 6.44. The van der Waals surface area contributed by atoms with Crippen molar-refractivity contribution >= 4 is 28.8 Å². The summed E-state index contributed by atoms with van der Waals surface area (Å²) in [5.41, 5.74) is 2.71. The summed E-state index contributed by atoms with van der Waals surface area (Å²) in [5.74, 6) is 0.846. The number of ether oxygens (including phenoxy) is 2. The second-order valence-corrected chi connectivity index (χ2v) is 8.62. The molecule has 0 radical (unpaired) electrons. The van der Waals surface area contributed by atoms with E-state index in [9.17, 15) is 9.59 Å². The molecule has 0 spiro atoms. The summed E-state index contributed by atoms with van der Waals surface area (Å²) >= 11 is 1.46. The minimum absolute atomic E-state index is 0.0252. The van der Waals surface area contributed by atoms with Gasteiger partial charge in [0.2, 0.25) is 5.91 Å². The molecule has 1 unspecified atom stereocenters. The van der Waals surface area contributed by atoms with Gasteiger partial charge in [0.25, 0.3) is 0 Å². The number of amides is 1. The molecule has 2 aliphatic heterocycles. The largest absolute Gasteiger partial charge is 0.496 e. The van der Waals surface area contributed by atoms with Crippen molar-refractivity contribution in [3.63, 3.8) is 0 Å². The van der Waals surface area contributed by atoms with Crippen LogP contribution in [0.3, 0.4) is 0 Å². The molecule has 2 heterocycles. The Balaban J connectivity index is 1.70. The second-order valence-electron chi connectivity index (χ2n) is 7.78. The summed E-state index contributed by atoms with van der Waals surface area (Å²) in [6, 6.07) is 7.12. The Hall–Kier alpha value is -2.74. The summed E-state index contributed by atoms with van der Waals surface area (Å²) in [6.07, 6.45) is 2.59. The molecule has 4 rings (SSSR count). The van der Waals surface area contributed by atoms with Crippen LogP contribution in [0.2, 0.25) is 0 Å². The Labute approximate surface area is 186 Å². The molecule has 8 heteroatoms. The summed E-state index contributed by atoms with van der Waals surface area (Å²) in [4.78, 5) is 32.2. The van der Waals surface area contributed by atoms with Crippen molar-refractivity contribution in [1.29, 1.82) is 0 Å². The summed E-state index contributed by atoms with van der Waals surface area (Å²) < 4.78 is 11.0. The minimum Gasteiger partial charge on any atom is -0.496 e. The number of methoxy groups -OCH3 is 1. The Morgan fingerprint density at radius 2 is 2.06 bits per heavy atom. The number of benzene rings is 1. The Bertz CT molecular complexity index is 981. The molecule has 164 valence electrons. The van der Waals surface area contributed by atoms with Crippen molar-refractivity contribution in [2.45, 2.75) is 39.2 Å². The van der Waals surface area contributed by atoms with Gasteiger partial charge in [0, 0.05) is 17.8 Å². The molecule has 1 aromatic rings. The van der Waals surface area contributed by atoms with Gasteiger partial charge in [0.15, 0.2) is 5.17 Å². The number of rotatable bonds is 8. The van der Waals surface area contributed by atoms with Crippen LogP contribution in [0.5, 0.6) is 5.75 Å². The predicted molar refractivity (Wildman–Crippen MR) is 120 cm³/mol. The van der Waals surface area contributed by atoms with E-state index >= 15 is 0 Å². The lowest BCUT2D eigenvalue weighted by Gasteiger charge is -2.36. The number of para-hydroxylation sites is 1. The highest BCUT2D eigenvalue weighted by Gasteiger charge is 2.42. The van der Waals surface area contributed by atoms with Crippen LogP contribution in [-0.2, 0) is 14.3 Å². The number of nitrogens with one attached hydrogen (secondary N) is 1. The van der Waals surface area contributed by atoms with Crippen LogP contribution >= 0.6 is 11.8 Å². The molecule has 0 saturated heterocycles. The molecule has 7 nitrogen and oxygen atoms in total. The smallest absolute Gasteiger partial charge is 0.338 e. The van der Waals surface area contributed by atoms with Crippen molar-refractivity contribution in [1.82, 2.24) is 10.2 Å². The van der Waals surface area contributed by atoms with E-state index in [1.807, 2.05) is 41.5 Å². The average molecular weight is 442 g/mol. The minimum atomic E-state index is -0.486. The topological polar surface area (TPSA) is 80.2 Å². The van der Waals surface area contributed by atoms with Gasteiger partial charge in [-0.3, -0.25) is 4.79 Å². The molecule has 31 heavy (non-hydrogen) atoms. The summed E-state index contributed by atoms with van der Waals surface area (Å²) in [5, 5.41) is 5.71. The number of allylic oxidation sites excluding steroid dienone is 1. The standard InChI is InChI=1S/C23H27N3O4S/c1-4-30-22(28)20-14(2)25-23-26(21(20)17-7-5-6-8-18(17)29-3)16(13-31-23)11-19(27)24-12-15-9-10-15/h5-8,13,15,21H,4,9-12H2,1-3H3,(H,24,27). The third kappa shape index (κ3) is 4.49. The number of amidine groups is 1. The zero-order valence-electron chi connectivity index (χ0n) is 18.0. The maximum Gasteiger partial charge on any atom is 0.338 e. The highest BCUT2D eigenvalue weighted by molar-refractivity contribution is 8.16. The molecular weight excluding hydrogens is 414 g/mol. The first-order valence-corrected chi connectivity index (χ1v) is 11.4. The van der Waals surface area contributed by atoms with E-state index in [1.54, 1.807) is 14.0 Å². The van der Waals surface area contributed by atoms with E-state index in [2.05, 4.69) is 10.3 Å². The maximum absolute atomic E-state index is 13.0. The molecule has 3 aliphatic rings. The van der Waals surface area contributed by atoms with Crippen LogP contribution < -0.4 is 10.1 Å². The average Bonchev–Trinajstić information content (AvgIpc) is 3.52. The number of carbonyl (C=O) groups excluding carboxylic acids is 2. The SMILES string of the molecule is CCOC(=O)C1=C(C)N=C2SC=C(CC(=O)NCC3CC3)N2C1c1ccccc1OC. The molecule has 1 fully saturated rings. The molecule has 1 amide bonds. The van der Waals surface area contributed by atoms with Crippen LogP contribution in [0.1, 0.15) is 44.7 Å².